The molecule has 1 aliphatic rings. The standard InChI is InChI=1S/C16H27N3/c1-13-5-4-6-16(9-13)19(3)12-15-8-7-14(10-17-2)11-18-15/h7-8,11,13,16-17H,4-6,9-10,12H2,1-3H3. The van der Waals surface area contributed by atoms with Crippen LogP contribution in [0, 0.1) is 5.92 Å². The number of nitrogens with zero attached hydrogens (tertiary/aromatic N) is 2. The van der Waals surface area contributed by atoms with Gasteiger partial charge < -0.3 is 5.32 Å². The molecule has 3 heteroatoms. The van der Waals surface area contributed by atoms with Crippen LogP contribution in [0.5, 0.6) is 0 Å². The number of rotatable bonds is 5. The van der Waals surface area contributed by atoms with Crippen molar-refractivity contribution in [2.75, 3.05) is 14.1 Å². The number of hydrogen-bond donors (Lipinski definition) is 1. The molecule has 1 aromatic heterocycles. The van der Waals surface area contributed by atoms with Gasteiger partial charge in [0.2, 0.25) is 0 Å². The zero-order valence-corrected chi connectivity index (χ0v) is 12.5. The summed E-state index contributed by atoms with van der Waals surface area (Å²) in [4.78, 5) is 7.05. The minimum absolute atomic E-state index is 0.738. The SMILES string of the molecule is CNCc1ccc(CN(C)C2CCCC(C)C2)nc1. The summed E-state index contributed by atoms with van der Waals surface area (Å²) in [6.45, 7) is 4.24. The lowest BCUT2D eigenvalue weighted by Gasteiger charge is -2.34. The Morgan fingerprint density at radius 2 is 2.21 bits per heavy atom. The van der Waals surface area contributed by atoms with Crippen LogP contribution in [0.4, 0.5) is 0 Å². The van der Waals surface area contributed by atoms with Gasteiger partial charge in [-0.3, -0.25) is 9.88 Å². The first-order valence-electron chi connectivity index (χ1n) is 7.47. The van der Waals surface area contributed by atoms with Crippen molar-refractivity contribution < 1.29 is 0 Å². The average Bonchev–Trinajstić information content (AvgIpc) is 2.41. The van der Waals surface area contributed by atoms with Gasteiger partial charge in [0.05, 0.1) is 5.69 Å². The molecule has 1 saturated carbocycles. The highest BCUT2D eigenvalue weighted by molar-refractivity contribution is 5.14. The van der Waals surface area contributed by atoms with Crippen molar-refractivity contribution in [1.82, 2.24) is 15.2 Å². The Balaban J connectivity index is 1.88. The van der Waals surface area contributed by atoms with E-state index in [1.165, 1.54) is 36.9 Å². The summed E-state index contributed by atoms with van der Waals surface area (Å²) >= 11 is 0. The van der Waals surface area contributed by atoms with Crippen molar-refractivity contribution in [1.29, 1.82) is 0 Å². The van der Waals surface area contributed by atoms with Crippen LogP contribution in [0.1, 0.15) is 43.9 Å². The van der Waals surface area contributed by atoms with Gasteiger partial charge in [-0.25, -0.2) is 0 Å². The van der Waals surface area contributed by atoms with Crippen LogP contribution in [0.25, 0.3) is 0 Å². The summed E-state index contributed by atoms with van der Waals surface area (Å²) in [7, 11) is 4.21. The molecule has 106 valence electrons. The van der Waals surface area contributed by atoms with Gasteiger partial charge >= 0.3 is 0 Å². The summed E-state index contributed by atoms with van der Waals surface area (Å²) < 4.78 is 0. The maximum absolute atomic E-state index is 4.57. The van der Waals surface area contributed by atoms with Gasteiger partial charge in [-0.15, -0.1) is 0 Å². The first-order valence-corrected chi connectivity index (χ1v) is 7.47. The van der Waals surface area contributed by atoms with Gasteiger partial charge in [-0.1, -0.05) is 25.8 Å². The molecular formula is C16H27N3. The Hall–Kier alpha value is -0.930. The second-order valence-electron chi connectivity index (χ2n) is 6.03. The molecule has 3 nitrogen and oxygen atoms in total. The fraction of sp³-hybridized carbons (Fsp3) is 0.688. The minimum atomic E-state index is 0.738. The molecule has 0 saturated heterocycles. The van der Waals surface area contributed by atoms with Crippen LogP contribution in [-0.2, 0) is 13.1 Å². The lowest BCUT2D eigenvalue weighted by Crippen LogP contribution is -2.35. The van der Waals surface area contributed by atoms with E-state index >= 15 is 0 Å². The van der Waals surface area contributed by atoms with Gasteiger partial charge in [-0.2, -0.15) is 0 Å². The van der Waals surface area contributed by atoms with Gasteiger partial charge in [0.25, 0.3) is 0 Å². The fourth-order valence-corrected chi connectivity index (χ4v) is 3.04. The molecule has 0 aromatic carbocycles. The van der Waals surface area contributed by atoms with E-state index in [1.807, 2.05) is 13.2 Å². The third-order valence-corrected chi connectivity index (χ3v) is 4.21. The van der Waals surface area contributed by atoms with Crippen LogP contribution in [0.2, 0.25) is 0 Å². The predicted octanol–water partition coefficient (Wildman–Crippen LogP) is 2.81. The minimum Gasteiger partial charge on any atom is -0.316 e. The summed E-state index contributed by atoms with van der Waals surface area (Å²) in [5.41, 5.74) is 2.43. The molecule has 0 bridgehead atoms. The smallest absolute Gasteiger partial charge is 0.0544 e. The molecule has 2 atom stereocenters. The van der Waals surface area contributed by atoms with E-state index in [-0.39, 0.29) is 0 Å². The zero-order valence-electron chi connectivity index (χ0n) is 12.5. The summed E-state index contributed by atoms with van der Waals surface area (Å²) in [5, 5.41) is 3.15. The van der Waals surface area contributed by atoms with Crippen LogP contribution in [0.3, 0.4) is 0 Å². The Morgan fingerprint density at radius 3 is 2.84 bits per heavy atom. The molecule has 1 aromatic rings. The number of nitrogens with one attached hydrogen (secondary N) is 1. The molecule has 1 aliphatic carbocycles. The molecule has 2 rings (SSSR count). The topological polar surface area (TPSA) is 28.2 Å². The molecule has 0 amide bonds. The van der Waals surface area contributed by atoms with E-state index in [2.05, 4.69) is 41.3 Å². The Bertz CT molecular complexity index is 374. The monoisotopic (exact) mass is 261 g/mol. The lowest BCUT2D eigenvalue weighted by atomic mass is 9.86. The van der Waals surface area contributed by atoms with Crippen molar-refractivity contribution in [3.8, 4) is 0 Å². The lowest BCUT2D eigenvalue weighted by molar-refractivity contribution is 0.156. The molecule has 19 heavy (non-hydrogen) atoms. The fourth-order valence-electron chi connectivity index (χ4n) is 3.04. The molecular weight excluding hydrogens is 234 g/mol. The van der Waals surface area contributed by atoms with Crippen LogP contribution >= 0.6 is 0 Å². The Morgan fingerprint density at radius 1 is 1.37 bits per heavy atom. The number of aromatic nitrogens is 1. The van der Waals surface area contributed by atoms with E-state index in [4.69, 9.17) is 0 Å². The largest absolute Gasteiger partial charge is 0.316 e. The normalized spacial score (nSPS) is 23.8. The van der Waals surface area contributed by atoms with E-state index < -0.39 is 0 Å². The van der Waals surface area contributed by atoms with Crippen LogP contribution in [0.15, 0.2) is 18.3 Å². The van der Waals surface area contributed by atoms with Crippen LogP contribution in [-0.4, -0.2) is 30.0 Å². The van der Waals surface area contributed by atoms with E-state index in [0.717, 1.165) is 25.0 Å². The zero-order chi connectivity index (χ0) is 13.7. The van der Waals surface area contributed by atoms with Gasteiger partial charge in [-0.05, 0) is 44.5 Å². The van der Waals surface area contributed by atoms with Crippen molar-refractivity contribution >= 4 is 0 Å². The third kappa shape index (κ3) is 4.29. The molecule has 0 aliphatic heterocycles. The maximum atomic E-state index is 4.57. The van der Waals surface area contributed by atoms with Crippen molar-refractivity contribution in [3.63, 3.8) is 0 Å². The van der Waals surface area contributed by atoms with Crippen molar-refractivity contribution in [2.24, 2.45) is 5.92 Å². The maximum Gasteiger partial charge on any atom is 0.0544 e. The third-order valence-electron chi connectivity index (χ3n) is 4.21. The molecule has 1 N–H and O–H groups in total. The van der Waals surface area contributed by atoms with Crippen LogP contribution < -0.4 is 5.32 Å². The molecule has 2 unspecified atom stereocenters. The molecule has 1 fully saturated rings. The average molecular weight is 261 g/mol. The highest BCUT2D eigenvalue weighted by atomic mass is 15.1. The number of pyridine rings is 1. The molecule has 0 radical (unpaired) electrons. The predicted molar refractivity (Wildman–Crippen MR) is 79.9 cm³/mol. The van der Waals surface area contributed by atoms with Gasteiger partial charge in [0.15, 0.2) is 0 Å². The highest BCUT2D eigenvalue weighted by Crippen LogP contribution is 2.27. The highest BCUT2D eigenvalue weighted by Gasteiger charge is 2.22. The summed E-state index contributed by atoms with van der Waals surface area (Å²) in [6, 6.07) is 5.08. The molecule has 1 heterocycles. The second kappa shape index (κ2) is 7.01. The quantitative estimate of drug-likeness (QED) is 0.883. The van der Waals surface area contributed by atoms with E-state index in [0.29, 0.717) is 0 Å². The Kier molecular flexibility index (Phi) is 5.34. The summed E-state index contributed by atoms with van der Waals surface area (Å²) in [6.07, 6.45) is 7.46. The second-order valence-corrected chi connectivity index (χ2v) is 6.03. The number of hydrogen-bond acceptors (Lipinski definition) is 3. The van der Waals surface area contributed by atoms with Crippen molar-refractivity contribution in [2.45, 2.75) is 51.7 Å². The molecule has 0 spiro atoms. The van der Waals surface area contributed by atoms with E-state index in [1.54, 1.807) is 0 Å². The first-order chi connectivity index (χ1) is 9.19. The summed E-state index contributed by atoms with van der Waals surface area (Å²) in [5.74, 6) is 0.882. The Labute approximate surface area is 117 Å². The van der Waals surface area contributed by atoms with E-state index in [9.17, 15) is 0 Å². The van der Waals surface area contributed by atoms with Crippen molar-refractivity contribution in [3.05, 3.63) is 29.6 Å². The first kappa shape index (κ1) is 14.5. The van der Waals surface area contributed by atoms with Gasteiger partial charge in [0, 0.05) is 25.3 Å². The van der Waals surface area contributed by atoms with Gasteiger partial charge in [0.1, 0.15) is 0 Å².